The lowest BCUT2D eigenvalue weighted by Crippen LogP contribution is -2.32. The Labute approximate surface area is 203 Å². The molecule has 0 radical (unpaired) electrons. The lowest BCUT2D eigenvalue weighted by atomic mass is 10.1. The van der Waals surface area contributed by atoms with Gasteiger partial charge in [0.1, 0.15) is 11.6 Å². The lowest BCUT2D eigenvalue weighted by Gasteiger charge is -2.27. The Morgan fingerprint density at radius 1 is 1.03 bits per heavy atom. The van der Waals surface area contributed by atoms with Gasteiger partial charge in [-0.25, -0.2) is 14.4 Å². The SMILES string of the molecule is CC(C)CN(CCC(=O)Nc1ccccc1)c1nc(-c2ccc(F)cc2)nc2cc(Cl)ccc12. The smallest absolute Gasteiger partial charge is 0.226 e. The molecule has 1 aromatic heterocycles. The van der Waals surface area contributed by atoms with E-state index in [1.54, 1.807) is 18.2 Å². The molecule has 0 saturated carbocycles. The number of fused-ring (bicyclic) bond motifs is 1. The zero-order valence-electron chi connectivity index (χ0n) is 19.1. The van der Waals surface area contributed by atoms with Crippen LogP contribution in [-0.4, -0.2) is 29.0 Å². The van der Waals surface area contributed by atoms with Crippen LogP contribution in [0.3, 0.4) is 0 Å². The summed E-state index contributed by atoms with van der Waals surface area (Å²) in [7, 11) is 0. The third-order valence-electron chi connectivity index (χ3n) is 5.29. The number of carbonyl (C=O) groups excluding carboxylic acids is 1. The zero-order chi connectivity index (χ0) is 24.1. The van der Waals surface area contributed by atoms with E-state index in [4.69, 9.17) is 16.6 Å². The summed E-state index contributed by atoms with van der Waals surface area (Å²) < 4.78 is 13.5. The first-order chi connectivity index (χ1) is 16.4. The zero-order valence-corrected chi connectivity index (χ0v) is 19.9. The average molecular weight is 477 g/mol. The maximum absolute atomic E-state index is 13.5. The van der Waals surface area contributed by atoms with Crippen LogP contribution in [-0.2, 0) is 4.79 Å². The first-order valence-electron chi connectivity index (χ1n) is 11.2. The van der Waals surface area contributed by atoms with Crippen LogP contribution >= 0.6 is 11.6 Å². The molecule has 5 nitrogen and oxygen atoms in total. The van der Waals surface area contributed by atoms with Gasteiger partial charge in [0.05, 0.1) is 5.52 Å². The molecule has 4 rings (SSSR count). The second kappa shape index (κ2) is 10.6. The van der Waals surface area contributed by atoms with Gasteiger partial charge >= 0.3 is 0 Å². The maximum Gasteiger partial charge on any atom is 0.226 e. The number of nitrogens with zero attached hydrogens (tertiary/aromatic N) is 3. The lowest BCUT2D eigenvalue weighted by molar-refractivity contribution is -0.116. The number of amides is 1. The van der Waals surface area contributed by atoms with Crippen LogP contribution in [0.15, 0.2) is 72.8 Å². The Morgan fingerprint density at radius 2 is 1.76 bits per heavy atom. The van der Waals surface area contributed by atoms with Gasteiger partial charge in [0.25, 0.3) is 0 Å². The Morgan fingerprint density at radius 3 is 2.47 bits per heavy atom. The molecule has 0 fully saturated rings. The van der Waals surface area contributed by atoms with Crippen LogP contribution in [0.25, 0.3) is 22.3 Å². The average Bonchev–Trinajstić information content (AvgIpc) is 2.82. The summed E-state index contributed by atoms with van der Waals surface area (Å²) in [5.41, 5.74) is 2.17. The molecule has 34 heavy (non-hydrogen) atoms. The molecular weight excluding hydrogens is 451 g/mol. The molecule has 0 atom stereocenters. The molecule has 0 aliphatic heterocycles. The van der Waals surface area contributed by atoms with Crippen LogP contribution in [0.4, 0.5) is 15.9 Å². The molecule has 7 heteroatoms. The van der Waals surface area contributed by atoms with E-state index in [1.807, 2.05) is 42.5 Å². The highest BCUT2D eigenvalue weighted by Gasteiger charge is 2.18. The second-order valence-corrected chi connectivity index (χ2v) is 8.98. The molecule has 4 aromatic rings. The van der Waals surface area contributed by atoms with Gasteiger partial charge in [-0.05, 0) is 60.5 Å². The van der Waals surface area contributed by atoms with Gasteiger partial charge in [-0.1, -0.05) is 43.6 Å². The third-order valence-corrected chi connectivity index (χ3v) is 5.53. The molecule has 0 saturated heterocycles. The molecular formula is C27H26ClFN4O. The Kier molecular flexibility index (Phi) is 7.38. The molecule has 0 aliphatic carbocycles. The standard InChI is InChI=1S/C27H26ClFN4O/c1-18(2)17-33(15-14-25(34)30-22-6-4-3-5-7-22)27-23-13-10-20(28)16-24(23)31-26(32-27)19-8-11-21(29)12-9-19/h3-13,16,18H,14-15,17H2,1-2H3,(H,30,34). The molecule has 0 unspecified atom stereocenters. The van der Waals surface area contributed by atoms with E-state index in [2.05, 4.69) is 29.0 Å². The van der Waals surface area contributed by atoms with Crippen LogP contribution < -0.4 is 10.2 Å². The van der Waals surface area contributed by atoms with Crippen molar-refractivity contribution < 1.29 is 9.18 Å². The molecule has 1 amide bonds. The summed E-state index contributed by atoms with van der Waals surface area (Å²) in [6.07, 6.45) is 0.298. The van der Waals surface area contributed by atoms with Crippen molar-refractivity contribution in [2.45, 2.75) is 20.3 Å². The van der Waals surface area contributed by atoms with E-state index in [0.29, 0.717) is 47.4 Å². The van der Waals surface area contributed by atoms with E-state index in [0.717, 1.165) is 16.9 Å². The Balaban J connectivity index is 1.68. The number of anilines is 2. The number of benzene rings is 3. The second-order valence-electron chi connectivity index (χ2n) is 8.54. The quantitative estimate of drug-likeness (QED) is 0.312. The highest BCUT2D eigenvalue weighted by atomic mass is 35.5. The monoisotopic (exact) mass is 476 g/mol. The van der Waals surface area contributed by atoms with Crippen molar-refractivity contribution in [1.29, 1.82) is 0 Å². The number of rotatable bonds is 8. The van der Waals surface area contributed by atoms with Crippen molar-refractivity contribution in [3.05, 3.63) is 83.6 Å². The number of aromatic nitrogens is 2. The largest absolute Gasteiger partial charge is 0.355 e. The van der Waals surface area contributed by atoms with Crippen molar-refractivity contribution >= 4 is 39.9 Å². The minimum absolute atomic E-state index is 0.0693. The number of nitrogens with one attached hydrogen (secondary N) is 1. The van der Waals surface area contributed by atoms with E-state index in [1.165, 1.54) is 12.1 Å². The van der Waals surface area contributed by atoms with Gasteiger partial charge < -0.3 is 10.2 Å². The van der Waals surface area contributed by atoms with E-state index in [9.17, 15) is 9.18 Å². The van der Waals surface area contributed by atoms with E-state index < -0.39 is 0 Å². The van der Waals surface area contributed by atoms with Gasteiger partial charge in [-0.15, -0.1) is 0 Å². The minimum Gasteiger partial charge on any atom is -0.355 e. The fourth-order valence-corrected chi connectivity index (χ4v) is 3.93. The van der Waals surface area contributed by atoms with Crippen LogP contribution in [0, 0.1) is 11.7 Å². The van der Waals surface area contributed by atoms with Gasteiger partial charge in [-0.3, -0.25) is 4.79 Å². The molecule has 0 aliphatic rings. The summed E-state index contributed by atoms with van der Waals surface area (Å²) in [5, 5.41) is 4.35. The van der Waals surface area contributed by atoms with Crippen LogP contribution in [0.2, 0.25) is 5.02 Å². The van der Waals surface area contributed by atoms with Crippen molar-refractivity contribution in [2.75, 3.05) is 23.3 Å². The normalized spacial score (nSPS) is 11.1. The van der Waals surface area contributed by atoms with Crippen LogP contribution in [0.5, 0.6) is 0 Å². The van der Waals surface area contributed by atoms with Gasteiger partial charge in [0, 0.05) is 41.2 Å². The molecule has 3 aromatic carbocycles. The predicted octanol–water partition coefficient (Wildman–Crippen LogP) is 6.58. The first kappa shape index (κ1) is 23.6. The van der Waals surface area contributed by atoms with E-state index >= 15 is 0 Å². The first-order valence-corrected chi connectivity index (χ1v) is 11.6. The van der Waals surface area contributed by atoms with Gasteiger partial charge in [0.2, 0.25) is 5.91 Å². The third kappa shape index (κ3) is 5.88. The topological polar surface area (TPSA) is 58.1 Å². The molecule has 0 spiro atoms. The molecule has 0 bridgehead atoms. The number of halogens is 2. The Hall–Kier alpha value is -3.51. The fourth-order valence-electron chi connectivity index (χ4n) is 3.76. The fraction of sp³-hybridized carbons (Fsp3) is 0.222. The highest BCUT2D eigenvalue weighted by Crippen LogP contribution is 2.30. The molecule has 1 heterocycles. The van der Waals surface area contributed by atoms with Crippen molar-refractivity contribution in [3.8, 4) is 11.4 Å². The van der Waals surface area contributed by atoms with Gasteiger partial charge in [0.15, 0.2) is 5.82 Å². The summed E-state index contributed by atoms with van der Waals surface area (Å²) in [5.74, 6) is 1.15. The number of hydrogen-bond acceptors (Lipinski definition) is 4. The molecule has 1 N–H and O–H groups in total. The van der Waals surface area contributed by atoms with Gasteiger partial charge in [-0.2, -0.15) is 0 Å². The summed E-state index contributed by atoms with van der Waals surface area (Å²) in [4.78, 5) is 24.3. The number of carbonyl (C=O) groups is 1. The maximum atomic E-state index is 13.5. The summed E-state index contributed by atoms with van der Waals surface area (Å²) >= 11 is 6.26. The Bertz CT molecular complexity index is 1280. The van der Waals surface area contributed by atoms with Crippen molar-refractivity contribution in [3.63, 3.8) is 0 Å². The van der Waals surface area contributed by atoms with E-state index in [-0.39, 0.29) is 11.7 Å². The summed E-state index contributed by atoms with van der Waals surface area (Å²) in [6.45, 7) is 5.43. The summed E-state index contributed by atoms with van der Waals surface area (Å²) in [6, 6.07) is 21.0. The predicted molar refractivity (Wildman–Crippen MR) is 137 cm³/mol. The number of para-hydroxylation sites is 1. The minimum atomic E-state index is -0.321. The molecule has 174 valence electrons. The van der Waals surface area contributed by atoms with Crippen molar-refractivity contribution in [2.24, 2.45) is 5.92 Å². The number of hydrogen-bond donors (Lipinski definition) is 1. The van der Waals surface area contributed by atoms with Crippen LogP contribution in [0.1, 0.15) is 20.3 Å². The highest BCUT2D eigenvalue weighted by molar-refractivity contribution is 6.31. The van der Waals surface area contributed by atoms with Crippen molar-refractivity contribution in [1.82, 2.24) is 9.97 Å².